The van der Waals surface area contributed by atoms with E-state index in [9.17, 15) is 27.2 Å². The maximum atomic E-state index is 14.2. The molecule has 3 amide bonds. The summed E-state index contributed by atoms with van der Waals surface area (Å²) in [6, 6.07) is 0.912. The first-order chi connectivity index (χ1) is 19.9. The lowest BCUT2D eigenvalue weighted by Gasteiger charge is -2.38. The molecule has 15 heteroatoms. The molecule has 3 aromatic heterocycles. The molecule has 2 N–H and O–H groups in total. The molecule has 1 saturated heterocycles. The Labute approximate surface area is 239 Å². The van der Waals surface area contributed by atoms with Gasteiger partial charge in [0.1, 0.15) is 5.69 Å². The van der Waals surface area contributed by atoms with E-state index in [1.54, 1.807) is 23.0 Å². The third kappa shape index (κ3) is 6.20. The minimum atomic E-state index is -3.12. The number of imidazole rings is 1. The Hall–Kier alpha value is -3.75. The number of nitrogens with one attached hydrogen (secondary N) is 2. The topological polar surface area (TPSA) is 119 Å². The van der Waals surface area contributed by atoms with Gasteiger partial charge in [-0.25, -0.2) is 31.9 Å². The van der Waals surface area contributed by atoms with Crippen LogP contribution in [0.2, 0.25) is 0 Å². The summed E-state index contributed by atoms with van der Waals surface area (Å²) in [5, 5.41) is 13.8. The van der Waals surface area contributed by atoms with Crippen LogP contribution in [0.4, 0.5) is 22.4 Å². The molecule has 1 saturated carbocycles. The number of nitrogens with zero attached hydrogens (tertiary/aromatic N) is 6. The van der Waals surface area contributed by atoms with Crippen LogP contribution in [0.1, 0.15) is 79.4 Å². The Morgan fingerprint density at radius 1 is 1.19 bits per heavy atom. The number of carbonyl (C=O) groups is 2. The molecule has 1 aliphatic heterocycles. The predicted octanol–water partition coefficient (Wildman–Crippen LogP) is 4.15. The molecule has 228 valence electrons. The molecule has 0 unspecified atom stereocenters. The number of carbonyl (C=O) groups excluding carboxylic acids is 2. The van der Waals surface area contributed by atoms with Crippen molar-refractivity contribution in [3.63, 3.8) is 0 Å². The standard InChI is InChI=1S/C27H34F4N8O3/c1-16(2)39-20(6-9-33-39)24(40)36-23(17-4-7-26(28,29)8-5-17)19-12-38-22(35-19)10-18(11-34-38)21(13-42-3)37-15-27(30,31)14-32-25(37)41/h6,9-12,16-17,21,23H,4-5,7-8,13-15H2,1-3H3,(H,32,41)(H,36,40)/t21-,23+/m1/s1. The van der Waals surface area contributed by atoms with Gasteiger partial charge >= 0.3 is 6.03 Å². The molecule has 3 aromatic rings. The average Bonchev–Trinajstić information content (AvgIpc) is 3.59. The quantitative estimate of drug-likeness (QED) is 0.360. The molecule has 11 nitrogen and oxygen atoms in total. The van der Waals surface area contributed by atoms with Crippen molar-refractivity contribution in [1.82, 2.24) is 39.9 Å². The highest BCUT2D eigenvalue weighted by Crippen LogP contribution is 2.41. The number of aromatic nitrogens is 5. The highest BCUT2D eigenvalue weighted by atomic mass is 19.3. The Bertz CT molecular complexity index is 1430. The molecule has 0 spiro atoms. The Balaban J connectivity index is 1.47. The van der Waals surface area contributed by atoms with E-state index in [0.717, 1.165) is 4.90 Å². The van der Waals surface area contributed by atoms with Crippen LogP contribution < -0.4 is 10.6 Å². The fourth-order valence-corrected chi connectivity index (χ4v) is 5.65. The summed E-state index contributed by atoms with van der Waals surface area (Å²) in [7, 11) is 1.40. The summed E-state index contributed by atoms with van der Waals surface area (Å²) >= 11 is 0. The Morgan fingerprint density at radius 3 is 2.62 bits per heavy atom. The molecule has 2 atom stereocenters. The molecular formula is C27H34F4N8O3. The zero-order valence-corrected chi connectivity index (χ0v) is 23.6. The van der Waals surface area contributed by atoms with Gasteiger partial charge in [-0.1, -0.05) is 0 Å². The van der Waals surface area contributed by atoms with Crippen LogP contribution in [0.3, 0.4) is 0 Å². The fraction of sp³-hybridized carbons (Fsp3) is 0.593. The number of hydrogen-bond donors (Lipinski definition) is 2. The van der Waals surface area contributed by atoms with Crippen molar-refractivity contribution >= 4 is 17.6 Å². The highest BCUT2D eigenvalue weighted by molar-refractivity contribution is 5.92. The molecule has 42 heavy (non-hydrogen) atoms. The van der Waals surface area contributed by atoms with E-state index >= 15 is 0 Å². The molecular weight excluding hydrogens is 560 g/mol. The van der Waals surface area contributed by atoms with Gasteiger partial charge in [0.2, 0.25) is 5.92 Å². The van der Waals surface area contributed by atoms with Crippen LogP contribution in [-0.4, -0.2) is 79.9 Å². The van der Waals surface area contributed by atoms with Gasteiger partial charge in [0.05, 0.1) is 49.9 Å². The summed E-state index contributed by atoms with van der Waals surface area (Å²) in [4.78, 5) is 31.6. The summed E-state index contributed by atoms with van der Waals surface area (Å²) in [5.41, 5.74) is 1.51. The van der Waals surface area contributed by atoms with Crippen molar-refractivity contribution in [2.75, 3.05) is 26.8 Å². The smallest absolute Gasteiger partial charge is 0.318 e. The van der Waals surface area contributed by atoms with E-state index in [2.05, 4.69) is 25.8 Å². The zero-order valence-electron chi connectivity index (χ0n) is 23.6. The second-order valence-electron chi connectivity index (χ2n) is 11.3. The van der Waals surface area contributed by atoms with Crippen molar-refractivity contribution in [3.05, 3.63) is 47.7 Å². The van der Waals surface area contributed by atoms with Crippen molar-refractivity contribution in [1.29, 1.82) is 0 Å². The number of halogens is 4. The number of fused-ring (bicyclic) bond motifs is 1. The first kappa shape index (κ1) is 29.7. The fourth-order valence-electron chi connectivity index (χ4n) is 5.65. The Kier molecular flexibility index (Phi) is 8.14. The minimum absolute atomic E-state index is 0.0621. The second-order valence-corrected chi connectivity index (χ2v) is 11.3. The summed E-state index contributed by atoms with van der Waals surface area (Å²) < 4.78 is 64.7. The normalized spacial score (nSPS) is 20.5. The van der Waals surface area contributed by atoms with Gasteiger partial charge in [-0.15, -0.1) is 0 Å². The number of urea groups is 1. The maximum Gasteiger partial charge on any atom is 0.318 e. The monoisotopic (exact) mass is 594 g/mol. The van der Waals surface area contributed by atoms with E-state index in [0.29, 0.717) is 22.6 Å². The van der Waals surface area contributed by atoms with E-state index in [1.165, 1.54) is 24.0 Å². The third-order valence-electron chi connectivity index (χ3n) is 7.84. The van der Waals surface area contributed by atoms with Gasteiger partial charge in [0.25, 0.3) is 11.8 Å². The van der Waals surface area contributed by atoms with E-state index in [-0.39, 0.29) is 44.2 Å². The van der Waals surface area contributed by atoms with Crippen LogP contribution >= 0.6 is 0 Å². The van der Waals surface area contributed by atoms with Crippen molar-refractivity contribution in [3.8, 4) is 0 Å². The van der Waals surface area contributed by atoms with Crippen LogP contribution in [0.5, 0.6) is 0 Å². The molecule has 1 aliphatic carbocycles. The van der Waals surface area contributed by atoms with Crippen molar-refractivity contribution in [2.45, 2.75) is 69.5 Å². The predicted molar refractivity (Wildman–Crippen MR) is 142 cm³/mol. The number of alkyl halides is 4. The Morgan fingerprint density at radius 2 is 1.93 bits per heavy atom. The SMILES string of the molecule is COC[C@H](c1cnn2cc([C@@H](NC(=O)c3ccnn3C(C)C)C3CCC(F)(F)CC3)nc2c1)N1CC(F)(F)CNC1=O. The lowest BCUT2D eigenvalue weighted by Crippen LogP contribution is -2.58. The zero-order chi connectivity index (χ0) is 30.2. The molecule has 0 radical (unpaired) electrons. The summed E-state index contributed by atoms with van der Waals surface area (Å²) in [5.74, 6) is -6.60. The van der Waals surface area contributed by atoms with E-state index in [1.807, 2.05) is 13.8 Å². The molecule has 5 rings (SSSR count). The van der Waals surface area contributed by atoms with Gasteiger partial charge in [0.15, 0.2) is 5.65 Å². The first-order valence-corrected chi connectivity index (χ1v) is 13.9. The van der Waals surface area contributed by atoms with Crippen molar-refractivity contribution < 1.29 is 31.9 Å². The molecule has 4 heterocycles. The van der Waals surface area contributed by atoms with E-state index < -0.39 is 49.0 Å². The lowest BCUT2D eigenvalue weighted by atomic mass is 9.81. The largest absolute Gasteiger partial charge is 0.382 e. The third-order valence-corrected chi connectivity index (χ3v) is 7.84. The van der Waals surface area contributed by atoms with Gasteiger partial charge in [0, 0.05) is 37.8 Å². The van der Waals surface area contributed by atoms with Crippen LogP contribution in [0, 0.1) is 5.92 Å². The number of hydrogen-bond acceptors (Lipinski definition) is 6. The lowest BCUT2D eigenvalue weighted by molar-refractivity contribution is -0.0510. The molecule has 2 fully saturated rings. The minimum Gasteiger partial charge on any atom is -0.382 e. The summed E-state index contributed by atoms with van der Waals surface area (Å²) in [6.45, 7) is 2.18. The average molecular weight is 595 g/mol. The summed E-state index contributed by atoms with van der Waals surface area (Å²) in [6.07, 6.45) is 4.35. The number of ether oxygens (including phenoxy) is 1. The van der Waals surface area contributed by atoms with Crippen LogP contribution in [-0.2, 0) is 4.74 Å². The molecule has 2 aliphatic rings. The van der Waals surface area contributed by atoms with Gasteiger partial charge in [-0.2, -0.15) is 10.2 Å². The number of amides is 3. The van der Waals surface area contributed by atoms with Gasteiger partial charge in [-0.05, 0) is 44.7 Å². The molecule has 0 bridgehead atoms. The van der Waals surface area contributed by atoms with E-state index in [4.69, 9.17) is 4.74 Å². The second kappa shape index (κ2) is 11.5. The first-order valence-electron chi connectivity index (χ1n) is 13.9. The number of rotatable bonds is 9. The number of methoxy groups -OCH3 is 1. The van der Waals surface area contributed by atoms with Gasteiger partial charge in [-0.3, -0.25) is 9.48 Å². The van der Waals surface area contributed by atoms with Gasteiger partial charge < -0.3 is 20.3 Å². The van der Waals surface area contributed by atoms with Crippen molar-refractivity contribution in [2.24, 2.45) is 5.92 Å². The molecule has 0 aromatic carbocycles. The van der Waals surface area contributed by atoms with Crippen LogP contribution in [0.15, 0.2) is 30.7 Å². The maximum absolute atomic E-state index is 14.2. The van der Waals surface area contributed by atoms with Crippen LogP contribution in [0.25, 0.3) is 5.65 Å². The highest BCUT2D eigenvalue weighted by Gasteiger charge is 2.43.